The summed E-state index contributed by atoms with van der Waals surface area (Å²) in [5.41, 5.74) is 1.28. The highest BCUT2D eigenvalue weighted by Gasteiger charge is 2.52. The number of rotatable bonds is 3. The van der Waals surface area contributed by atoms with Crippen molar-refractivity contribution in [3.8, 4) is 0 Å². The van der Waals surface area contributed by atoms with E-state index in [-0.39, 0.29) is 29.3 Å². The molecule has 0 heterocycles. The third-order valence-corrected chi connectivity index (χ3v) is 5.58. The van der Waals surface area contributed by atoms with Gasteiger partial charge in [0.25, 0.3) is 0 Å². The first-order valence-corrected chi connectivity index (χ1v) is 7.59. The first-order valence-electron chi connectivity index (χ1n) is 7.59. The molecule has 0 aromatic rings. The summed E-state index contributed by atoms with van der Waals surface area (Å²) in [6.45, 7) is 8.57. The number of hydrogen-bond acceptors (Lipinski definition) is 3. The van der Waals surface area contributed by atoms with Crippen LogP contribution in [-0.4, -0.2) is 18.9 Å². The molecule has 0 amide bonds. The maximum absolute atomic E-state index is 11.7. The summed E-state index contributed by atoms with van der Waals surface area (Å²) < 4.78 is 5.12. The zero-order valence-electron chi connectivity index (χ0n) is 13.1. The molecule has 0 N–H and O–H groups in total. The summed E-state index contributed by atoms with van der Waals surface area (Å²) >= 11 is 0. The lowest BCUT2D eigenvalue weighted by Gasteiger charge is -2.55. The van der Waals surface area contributed by atoms with Crippen LogP contribution in [0.15, 0.2) is 11.6 Å². The van der Waals surface area contributed by atoms with Gasteiger partial charge >= 0.3 is 5.97 Å². The summed E-state index contributed by atoms with van der Waals surface area (Å²) in [7, 11) is 0. The number of hydrogen-bond donors (Lipinski definition) is 0. The highest BCUT2D eigenvalue weighted by molar-refractivity contribution is 5.67. The van der Waals surface area contributed by atoms with Crippen LogP contribution in [0.2, 0.25) is 0 Å². The normalized spacial score (nSPS) is 35.7. The second-order valence-corrected chi connectivity index (χ2v) is 7.31. The Kier molecular flexibility index (Phi) is 4.08. The Labute approximate surface area is 121 Å². The molecule has 112 valence electrons. The molecule has 3 nitrogen and oxygen atoms in total. The van der Waals surface area contributed by atoms with Gasteiger partial charge in [0, 0.05) is 12.8 Å². The van der Waals surface area contributed by atoms with Gasteiger partial charge < -0.3 is 9.53 Å². The third-order valence-electron chi connectivity index (χ3n) is 5.58. The van der Waals surface area contributed by atoms with Gasteiger partial charge in [-0.3, -0.25) is 4.79 Å². The molecule has 0 saturated heterocycles. The highest BCUT2D eigenvalue weighted by atomic mass is 16.5. The van der Waals surface area contributed by atoms with E-state index in [1.54, 1.807) is 0 Å². The van der Waals surface area contributed by atoms with Crippen LogP contribution in [-0.2, 0) is 14.3 Å². The molecule has 1 fully saturated rings. The minimum absolute atomic E-state index is 0.00767. The van der Waals surface area contributed by atoms with Gasteiger partial charge in [0.05, 0.1) is 0 Å². The minimum Gasteiger partial charge on any atom is -0.461 e. The van der Waals surface area contributed by atoms with E-state index in [0.29, 0.717) is 5.92 Å². The van der Waals surface area contributed by atoms with Gasteiger partial charge in [-0.2, -0.15) is 0 Å². The molecule has 3 unspecified atom stereocenters. The molecule has 2 rings (SSSR count). The summed E-state index contributed by atoms with van der Waals surface area (Å²) in [4.78, 5) is 22.7. The van der Waals surface area contributed by atoms with Gasteiger partial charge in [-0.1, -0.05) is 33.3 Å². The number of fused-ring (bicyclic) bond motifs is 1. The van der Waals surface area contributed by atoms with Gasteiger partial charge in [0.1, 0.15) is 12.9 Å². The maximum atomic E-state index is 11.7. The van der Waals surface area contributed by atoms with Crippen molar-refractivity contribution in [1.29, 1.82) is 0 Å². The summed E-state index contributed by atoms with van der Waals surface area (Å²) in [5.74, 6) is 0.131. The average Bonchev–Trinajstić information content (AvgIpc) is 2.34. The van der Waals surface area contributed by atoms with Crippen molar-refractivity contribution in [3.63, 3.8) is 0 Å². The highest BCUT2D eigenvalue weighted by Crippen LogP contribution is 2.59. The first-order chi connectivity index (χ1) is 9.31. The van der Waals surface area contributed by atoms with Gasteiger partial charge in [-0.05, 0) is 41.6 Å². The van der Waals surface area contributed by atoms with Crippen LogP contribution in [0, 0.1) is 22.7 Å². The molecule has 0 aliphatic heterocycles. The second-order valence-electron chi connectivity index (χ2n) is 7.31. The fourth-order valence-corrected chi connectivity index (χ4v) is 4.52. The van der Waals surface area contributed by atoms with E-state index in [4.69, 9.17) is 4.74 Å². The lowest BCUT2D eigenvalue weighted by atomic mass is 9.49. The van der Waals surface area contributed by atoms with Crippen LogP contribution in [0.1, 0.15) is 53.4 Å². The molecule has 3 heteroatoms. The molecule has 0 bridgehead atoms. The number of esters is 1. The quantitative estimate of drug-likeness (QED) is 0.450. The molecular formula is C17H26O3. The van der Waals surface area contributed by atoms with Gasteiger partial charge in [-0.15, -0.1) is 0 Å². The van der Waals surface area contributed by atoms with E-state index in [1.165, 1.54) is 19.8 Å². The number of carbonyl (C=O) groups excluding carboxylic acids is 2. The zero-order valence-corrected chi connectivity index (χ0v) is 13.1. The van der Waals surface area contributed by atoms with E-state index in [1.807, 2.05) is 0 Å². The largest absolute Gasteiger partial charge is 0.461 e. The summed E-state index contributed by atoms with van der Waals surface area (Å²) in [6.07, 6.45) is 7.69. The lowest BCUT2D eigenvalue weighted by molar-refractivity contribution is -0.141. The standard InChI is InChI=1S/C17H26O3/c1-12(19)20-11-13-6-7-15-16(2,3)8-5-9-17(15,4)14(13)10-18/h6,10,14-15H,5,7-9,11H2,1-4H3. The minimum atomic E-state index is -0.285. The monoisotopic (exact) mass is 278 g/mol. The van der Waals surface area contributed by atoms with Crippen LogP contribution in [0.4, 0.5) is 0 Å². The van der Waals surface area contributed by atoms with Crippen molar-refractivity contribution < 1.29 is 14.3 Å². The molecular weight excluding hydrogens is 252 g/mol. The Bertz CT molecular complexity index is 436. The smallest absolute Gasteiger partial charge is 0.302 e. The third kappa shape index (κ3) is 2.55. The second kappa shape index (κ2) is 5.34. The molecule has 0 radical (unpaired) electrons. The first kappa shape index (κ1) is 15.3. The SMILES string of the molecule is CC(=O)OCC1=CCC2C(C)(C)CCCC2(C)C1C=O. The van der Waals surface area contributed by atoms with Crippen molar-refractivity contribution in [1.82, 2.24) is 0 Å². The fraction of sp³-hybridized carbons (Fsp3) is 0.765. The predicted molar refractivity (Wildman–Crippen MR) is 78.1 cm³/mol. The Morgan fingerprint density at radius 1 is 1.40 bits per heavy atom. The zero-order chi connectivity index (χ0) is 15.0. The van der Waals surface area contributed by atoms with Crippen molar-refractivity contribution in [2.75, 3.05) is 6.61 Å². The Balaban J connectivity index is 2.29. The topological polar surface area (TPSA) is 43.4 Å². The molecule has 20 heavy (non-hydrogen) atoms. The fourth-order valence-electron chi connectivity index (χ4n) is 4.52. The molecule has 2 aliphatic carbocycles. The van der Waals surface area contributed by atoms with Crippen molar-refractivity contribution >= 4 is 12.3 Å². The molecule has 1 saturated carbocycles. The number of carbonyl (C=O) groups is 2. The number of ether oxygens (including phenoxy) is 1. The molecule has 2 aliphatic rings. The van der Waals surface area contributed by atoms with Gasteiger partial charge in [-0.25, -0.2) is 0 Å². The van der Waals surface area contributed by atoms with Gasteiger partial charge in [0.2, 0.25) is 0 Å². The molecule has 0 spiro atoms. The Morgan fingerprint density at radius 2 is 2.10 bits per heavy atom. The van der Waals surface area contributed by atoms with Crippen molar-refractivity contribution in [2.45, 2.75) is 53.4 Å². The molecule has 3 atom stereocenters. The Morgan fingerprint density at radius 3 is 2.70 bits per heavy atom. The van der Waals surface area contributed by atoms with Crippen LogP contribution < -0.4 is 0 Å². The van der Waals surface area contributed by atoms with Gasteiger partial charge in [0.15, 0.2) is 0 Å². The summed E-state index contributed by atoms with van der Waals surface area (Å²) in [5, 5.41) is 0. The van der Waals surface area contributed by atoms with Crippen LogP contribution >= 0.6 is 0 Å². The van der Waals surface area contributed by atoms with E-state index in [9.17, 15) is 9.59 Å². The van der Waals surface area contributed by atoms with E-state index in [2.05, 4.69) is 26.8 Å². The summed E-state index contributed by atoms with van der Waals surface area (Å²) in [6, 6.07) is 0. The lowest BCUT2D eigenvalue weighted by Crippen LogP contribution is -2.49. The maximum Gasteiger partial charge on any atom is 0.302 e. The van der Waals surface area contributed by atoms with Crippen molar-refractivity contribution in [2.24, 2.45) is 22.7 Å². The van der Waals surface area contributed by atoms with E-state index < -0.39 is 0 Å². The van der Waals surface area contributed by atoms with Crippen LogP contribution in [0.5, 0.6) is 0 Å². The Hall–Kier alpha value is -1.12. The predicted octanol–water partition coefficient (Wildman–Crippen LogP) is 3.53. The average molecular weight is 278 g/mol. The number of allylic oxidation sites excluding steroid dienone is 1. The number of aldehydes is 1. The van der Waals surface area contributed by atoms with Crippen LogP contribution in [0.3, 0.4) is 0 Å². The molecule has 0 aromatic carbocycles. The van der Waals surface area contributed by atoms with Crippen molar-refractivity contribution in [3.05, 3.63) is 11.6 Å². The van der Waals surface area contributed by atoms with E-state index in [0.717, 1.165) is 24.7 Å². The van der Waals surface area contributed by atoms with Crippen LogP contribution in [0.25, 0.3) is 0 Å². The van der Waals surface area contributed by atoms with E-state index >= 15 is 0 Å². The molecule has 0 aromatic heterocycles.